The van der Waals surface area contributed by atoms with Crippen molar-refractivity contribution in [3.05, 3.63) is 0 Å². The topological polar surface area (TPSA) is 101 Å². The van der Waals surface area contributed by atoms with Crippen molar-refractivity contribution in [1.82, 2.24) is 4.90 Å². The van der Waals surface area contributed by atoms with Gasteiger partial charge in [0.15, 0.2) is 18.0 Å². The Morgan fingerprint density at radius 2 is 1.79 bits per heavy atom. The first-order chi connectivity index (χ1) is 12.6. The van der Waals surface area contributed by atoms with Crippen molar-refractivity contribution < 1.29 is 38.1 Å². The van der Waals surface area contributed by atoms with Crippen LogP contribution in [0.5, 0.6) is 0 Å². The number of fused-ring (bicyclic) bond motifs is 1. The Balaban J connectivity index is 2.39. The summed E-state index contributed by atoms with van der Waals surface area (Å²) in [6.45, 7) is 13.7. The van der Waals surface area contributed by atoms with E-state index in [-0.39, 0.29) is 13.2 Å². The normalized spacial score (nSPS) is 29.2. The number of carbonyl (C=O) groups is 3. The van der Waals surface area contributed by atoms with Crippen molar-refractivity contribution >= 4 is 18.5 Å². The molecular formula is C19H31NO8. The molecule has 1 amide bonds. The van der Waals surface area contributed by atoms with Gasteiger partial charge in [0.2, 0.25) is 5.72 Å². The van der Waals surface area contributed by atoms with Crippen LogP contribution in [0.1, 0.15) is 55.4 Å². The maximum Gasteiger partial charge on any atom is 0.412 e. The number of rotatable bonds is 4. The average Bonchev–Trinajstić information content (AvgIpc) is 2.92. The van der Waals surface area contributed by atoms with Crippen LogP contribution in [0.4, 0.5) is 4.79 Å². The molecule has 0 aromatic rings. The standard InChI is InChI=1S/C19H31NO8/c1-16(2,3)14(22)24-10-19-13(26-18(7,8)28-19)12(25-11-21)9-20(19)15(23)27-17(4,5)6/h11-13H,9-10H2,1-8H3/t12-,13+,19+/m1/s1. The van der Waals surface area contributed by atoms with Gasteiger partial charge < -0.3 is 23.7 Å². The van der Waals surface area contributed by atoms with Gasteiger partial charge in [-0.25, -0.2) is 4.79 Å². The van der Waals surface area contributed by atoms with Gasteiger partial charge in [-0.05, 0) is 55.4 Å². The van der Waals surface area contributed by atoms with E-state index in [1.54, 1.807) is 55.4 Å². The molecule has 0 aromatic carbocycles. The number of hydrogen-bond donors (Lipinski definition) is 0. The number of esters is 1. The Kier molecular flexibility index (Phi) is 5.75. The minimum atomic E-state index is -1.47. The third-order valence-corrected chi connectivity index (χ3v) is 4.30. The maximum absolute atomic E-state index is 12.9. The summed E-state index contributed by atoms with van der Waals surface area (Å²) in [5.74, 6) is -1.55. The van der Waals surface area contributed by atoms with Gasteiger partial charge in [0.1, 0.15) is 12.2 Å². The minimum Gasteiger partial charge on any atom is -0.460 e. The predicted molar refractivity (Wildman–Crippen MR) is 97.1 cm³/mol. The summed E-state index contributed by atoms with van der Waals surface area (Å²) in [7, 11) is 0. The molecule has 0 unspecified atom stereocenters. The molecule has 0 spiro atoms. The van der Waals surface area contributed by atoms with Crippen LogP contribution in [0.15, 0.2) is 0 Å². The molecule has 2 aliphatic rings. The summed E-state index contributed by atoms with van der Waals surface area (Å²) in [6.07, 6.45) is -2.31. The molecule has 2 aliphatic heterocycles. The quantitative estimate of drug-likeness (QED) is 0.402. The van der Waals surface area contributed by atoms with E-state index in [0.717, 1.165) is 0 Å². The fourth-order valence-corrected chi connectivity index (χ4v) is 3.22. The molecule has 2 rings (SSSR count). The van der Waals surface area contributed by atoms with E-state index in [2.05, 4.69) is 0 Å². The zero-order valence-electron chi connectivity index (χ0n) is 17.9. The fourth-order valence-electron chi connectivity index (χ4n) is 3.22. The lowest BCUT2D eigenvalue weighted by molar-refractivity contribution is -0.216. The van der Waals surface area contributed by atoms with Crippen LogP contribution in [-0.4, -0.2) is 65.9 Å². The van der Waals surface area contributed by atoms with Gasteiger partial charge in [0.25, 0.3) is 6.47 Å². The number of carbonyl (C=O) groups excluding carboxylic acids is 3. The minimum absolute atomic E-state index is 0.0124. The van der Waals surface area contributed by atoms with Crippen LogP contribution in [0.3, 0.4) is 0 Å². The highest BCUT2D eigenvalue weighted by atomic mass is 16.8. The van der Waals surface area contributed by atoms with Gasteiger partial charge in [-0.1, -0.05) is 0 Å². The van der Waals surface area contributed by atoms with E-state index in [1.165, 1.54) is 4.90 Å². The average molecular weight is 401 g/mol. The zero-order chi connectivity index (χ0) is 21.5. The van der Waals surface area contributed by atoms with Crippen molar-refractivity contribution in [2.24, 2.45) is 5.41 Å². The first kappa shape index (κ1) is 22.4. The predicted octanol–water partition coefficient (Wildman–Crippen LogP) is 2.22. The second-order valence-electron chi connectivity index (χ2n) is 9.57. The van der Waals surface area contributed by atoms with Crippen molar-refractivity contribution in [1.29, 1.82) is 0 Å². The third-order valence-electron chi connectivity index (χ3n) is 4.30. The number of amides is 1. The van der Waals surface area contributed by atoms with Crippen LogP contribution in [-0.2, 0) is 33.3 Å². The summed E-state index contributed by atoms with van der Waals surface area (Å²) in [6, 6.07) is 0. The van der Waals surface area contributed by atoms with Crippen molar-refractivity contribution in [3.63, 3.8) is 0 Å². The third kappa shape index (κ3) is 4.57. The largest absolute Gasteiger partial charge is 0.460 e. The molecule has 28 heavy (non-hydrogen) atoms. The highest BCUT2D eigenvalue weighted by Crippen LogP contribution is 2.46. The van der Waals surface area contributed by atoms with E-state index in [0.29, 0.717) is 6.47 Å². The Bertz CT molecular complexity index is 633. The molecule has 2 fully saturated rings. The van der Waals surface area contributed by atoms with Gasteiger partial charge in [0, 0.05) is 0 Å². The van der Waals surface area contributed by atoms with E-state index in [1.807, 2.05) is 0 Å². The molecule has 2 heterocycles. The molecule has 2 saturated heterocycles. The van der Waals surface area contributed by atoms with E-state index in [9.17, 15) is 14.4 Å². The molecule has 3 atom stereocenters. The summed E-state index contributed by atoms with van der Waals surface area (Å²) < 4.78 is 28.1. The summed E-state index contributed by atoms with van der Waals surface area (Å²) in [4.78, 5) is 37.5. The SMILES string of the molecule is CC(C)(C)OC(=O)N1C[C@@H](OC=O)[C@@H]2OC(C)(C)O[C@@]21COC(=O)C(C)(C)C. The van der Waals surface area contributed by atoms with Crippen LogP contribution in [0.2, 0.25) is 0 Å². The summed E-state index contributed by atoms with van der Waals surface area (Å²) >= 11 is 0. The second kappa shape index (κ2) is 7.18. The summed E-state index contributed by atoms with van der Waals surface area (Å²) in [5, 5.41) is 0. The Labute approximate surface area is 165 Å². The number of hydrogen-bond acceptors (Lipinski definition) is 8. The maximum atomic E-state index is 12.9. The van der Waals surface area contributed by atoms with E-state index < -0.39 is 46.8 Å². The van der Waals surface area contributed by atoms with Gasteiger partial charge in [0.05, 0.1) is 12.0 Å². The number of nitrogens with zero attached hydrogens (tertiary/aromatic N) is 1. The van der Waals surface area contributed by atoms with Crippen molar-refractivity contribution in [3.8, 4) is 0 Å². The van der Waals surface area contributed by atoms with Crippen molar-refractivity contribution in [2.45, 2.75) is 84.7 Å². The van der Waals surface area contributed by atoms with Crippen LogP contribution < -0.4 is 0 Å². The monoisotopic (exact) mass is 401 g/mol. The molecule has 0 saturated carbocycles. The van der Waals surface area contributed by atoms with Gasteiger partial charge in [-0.15, -0.1) is 0 Å². The van der Waals surface area contributed by atoms with Crippen LogP contribution in [0.25, 0.3) is 0 Å². The second-order valence-corrected chi connectivity index (χ2v) is 9.57. The Morgan fingerprint density at radius 1 is 1.18 bits per heavy atom. The molecule has 0 N–H and O–H groups in total. The molecule has 0 radical (unpaired) electrons. The Hall–Kier alpha value is -1.87. The molecule has 0 bridgehead atoms. The molecule has 0 aromatic heterocycles. The fraction of sp³-hybridized carbons (Fsp3) is 0.842. The lowest BCUT2D eigenvalue weighted by Crippen LogP contribution is -2.57. The molecule has 0 aliphatic carbocycles. The van der Waals surface area contributed by atoms with Crippen LogP contribution in [0, 0.1) is 5.41 Å². The first-order valence-electron chi connectivity index (χ1n) is 9.26. The molecule has 9 nitrogen and oxygen atoms in total. The van der Waals surface area contributed by atoms with Crippen LogP contribution >= 0.6 is 0 Å². The Morgan fingerprint density at radius 3 is 2.29 bits per heavy atom. The molecular weight excluding hydrogens is 370 g/mol. The highest BCUT2D eigenvalue weighted by molar-refractivity contribution is 5.75. The number of ether oxygens (including phenoxy) is 5. The van der Waals surface area contributed by atoms with Crippen molar-refractivity contribution in [2.75, 3.05) is 13.2 Å². The summed E-state index contributed by atoms with van der Waals surface area (Å²) in [5.41, 5.74) is -2.97. The van der Waals surface area contributed by atoms with Gasteiger partial charge in [-0.3, -0.25) is 14.5 Å². The molecule has 160 valence electrons. The number of likely N-dealkylation sites (tertiary alicyclic amines) is 1. The lowest BCUT2D eigenvalue weighted by Gasteiger charge is -2.37. The lowest BCUT2D eigenvalue weighted by atomic mass is 9.97. The zero-order valence-corrected chi connectivity index (χ0v) is 17.9. The molecule has 9 heteroatoms. The highest BCUT2D eigenvalue weighted by Gasteiger charge is 2.68. The van der Waals surface area contributed by atoms with E-state index in [4.69, 9.17) is 23.7 Å². The van der Waals surface area contributed by atoms with Gasteiger partial charge >= 0.3 is 12.1 Å². The van der Waals surface area contributed by atoms with Gasteiger partial charge in [-0.2, -0.15) is 0 Å². The smallest absolute Gasteiger partial charge is 0.412 e. The first-order valence-corrected chi connectivity index (χ1v) is 9.26. The van der Waals surface area contributed by atoms with E-state index >= 15 is 0 Å².